The minimum absolute atomic E-state index is 0.191. The number of nitrogens with one attached hydrogen (secondary N) is 1. The molecular weight excluding hydrogens is 364 g/mol. The number of amides is 1. The first kappa shape index (κ1) is 18.3. The van der Waals surface area contributed by atoms with Gasteiger partial charge < -0.3 is 15.0 Å². The van der Waals surface area contributed by atoms with E-state index < -0.39 is 5.60 Å². The molecule has 6 nitrogen and oxygen atoms in total. The van der Waals surface area contributed by atoms with Gasteiger partial charge in [0.1, 0.15) is 16.6 Å². The molecule has 2 aliphatic rings. The van der Waals surface area contributed by atoms with Gasteiger partial charge in [0.2, 0.25) is 0 Å². The predicted molar refractivity (Wildman–Crippen MR) is 106 cm³/mol. The number of nitrogens with zero attached hydrogens (tertiary/aromatic N) is 3. The third-order valence-corrected chi connectivity index (χ3v) is 5.44. The first-order valence-corrected chi connectivity index (χ1v) is 9.87. The van der Waals surface area contributed by atoms with Gasteiger partial charge in [-0.05, 0) is 58.6 Å². The number of carbonyl (C=O) groups is 1. The van der Waals surface area contributed by atoms with Gasteiger partial charge in [0.15, 0.2) is 0 Å². The van der Waals surface area contributed by atoms with Crippen molar-refractivity contribution in [2.75, 3.05) is 5.32 Å². The zero-order chi connectivity index (χ0) is 19.2. The van der Waals surface area contributed by atoms with E-state index in [-0.39, 0.29) is 24.2 Å². The van der Waals surface area contributed by atoms with E-state index in [1.54, 1.807) is 12.3 Å². The molecule has 0 unspecified atom stereocenters. The Labute approximate surface area is 164 Å². The molecule has 2 aliphatic heterocycles. The van der Waals surface area contributed by atoms with Crippen molar-refractivity contribution in [2.24, 2.45) is 0 Å². The molecule has 4 heterocycles. The van der Waals surface area contributed by atoms with E-state index in [0.717, 1.165) is 42.4 Å². The van der Waals surface area contributed by atoms with Gasteiger partial charge in [0.25, 0.3) is 0 Å². The number of anilines is 1. The summed E-state index contributed by atoms with van der Waals surface area (Å²) in [5.74, 6) is 0.765. The Hall–Kier alpha value is -2.08. The summed E-state index contributed by atoms with van der Waals surface area (Å²) in [5.41, 5.74) is 0.358. The number of pyridine rings is 2. The first-order chi connectivity index (χ1) is 12.8. The number of fused-ring (bicyclic) bond motifs is 3. The van der Waals surface area contributed by atoms with Crippen LogP contribution in [0.4, 0.5) is 10.6 Å². The molecule has 2 aromatic heterocycles. The second-order valence-corrected chi connectivity index (χ2v) is 8.84. The number of halogens is 1. The average Bonchev–Trinajstić information content (AvgIpc) is 2.85. The van der Waals surface area contributed by atoms with Crippen molar-refractivity contribution in [3.8, 4) is 0 Å². The quantitative estimate of drug-likeness (QED) is 0.760. The Bertz CT molecular complexity index is 853. The van der Waals surface area contributed by atoms with Crippen LogP contribution >= 0.6 is 11.6 Å². The summed E-state index contributed by atoms with van der Waals surface area (Å²) < 4.78 is 5.61. The summed E-state index contributed by atoms with van der Waals surface area (Å²) in [7, 11) is 0. The van der Waals surface area contributed by atoms with Crippen LogP contribution in [0, 0.1) is 0 Å². The SMILES string of the molecule is CC(C)(C)OC(=O)N1[C@@H]2CC[C@H]1C[C@@H](Nc1nc(Cl)cc3ncccc13)C2. The van der Waals surface area contributed by atoms with Gasteiger partial charge in [-0.25, -0.2) is 9.78 Å². The second-order valence-electron chi connectivity index (χ2n) is 8.45. The molecule has 2 bridgehead atoms. The lowest BCUT2D eigenvalue weighted by Crippen LogP contribution is -2.51. The van der Waals surface area contributed by atoms with Crippen LogP contribution in [-0.4, -0.2) is 44.7 Å². The molecule has 2 aromatic rings. The predicted octanol–water partition coefficient (Wildman–Crippen LogP) is 4.63. The van der Waals surface area contributed by atoms with Crippen molar-refractivity contribution in [3.63, 3.8) is 0 Å². The minimum atomic E-state index is -0.470. The van der Waals surface area contributed by atoms with Gasteiger partial charge in [0.05, 0.1) is 5.52 Å². The Kier molecular flexibility index (Phi) is 4.62. The number of carbonyl (C=O) groups excluding carboxylic acids is 1. The van der Waals surface area contributed by atoms with Crippen LogP contribution < -0.4 is 5.32 Å². The number of piperidine rings is 1. The Morgan fingerprint density at radius 2 is 2.00 bits per heavy atom. The number of ether oxygens (including phenoxy) is 1. The lowest BCUT2D eigenvalue weighted by atomic mass is 9.97. The molecule has 1 amide bonds. The minimum Gasteiger partial charge on any atom is -0.444 e. The third-order valence-electron chi connectivity index (χ3n) is 5.25. The molecule has 27 heavy (non-hydrogen) atoms. The fraction of sp³-hybridized carbons (Fsp3) is 0.550. The molecule has 0 saturated carbocycles. The van der Waals surface area contributed by atoms with E-state index in [0.29, 0.717) is 5.15 Å². The fourth-order valence-electron chi connectivity index (χ4n) is 4.26. The third kappa shape index (κ3) is 3.81. The molecule has 0 spiro atoms. The van der Waals surface area contributed by atoms with Gasteiger partial charge in [-0.3, -0.25) is 4.98 Å². The topological polar surface area (TPSA) is 67.3 Å². The fourth-order valence-corrected chi connectivity index (χ4v) is 4.44. The smallest absolute Gasteiger partial charge is 0.410 e. The first-order valence-electron chi connectivity index (χ1n) is 9.49. The zero-order valence-corrected chi connectivity index (χ0v) is 16.7. The van der Waals surface area contributed by atoms with Gasteiger partial charge in [-0.2, -0.15) is 0 Å². The monoisotopic (exact) mass is 388 g/mol. The zero-order valence-electron chi connectivity index (χ0n) is 15.9. The highest BCUT2D eigenvalue weighted by molar-refractivity contribution is 6.30. The van der Waals surface area contributed by atoms with Gasteiger partial charge in [-0.15, -0.1) is 0 Å². The van der Waals surface area contributed by atoms with E-state index in [1.807, 2.05) is 37.8 Å². The van der Waals surface area contributed by atoms with Crippen molar-refractivity contribution < 1.29 is 9.53 Å². The number of hydrogen-bond donors (Lipinski definition) is 1. The normalized spacial score (nSPS) is 24.9. The summed E-state index contributed by atoms with van der Waals surface area (Å²) in [6, 6.07) is 6.34. The number of aromatic nitrogens is 2. The van der Waals surface area contributed by atoms with Crippen LogP contribution in [0.25, 0.3) is 10.9 Å². The lowest BCUT2D eigenvalue weighted by molar-refractivity contribution is 0.00683. The largest absolute Gasteiger partial charge is 0.444 e. The van der Waals surface area contributed by atoms with Crippen molar-refractivity contribution in [1.82, 2.24) is 14.9 Å². The Balaban J connectivity index is 1.51. The molecule has 7 heteroatoms. The number of hydrogen-bond acceptors (Lipinski definition) is 5. The molecule has 0 aliphatic carbocycles. The van der Waals surface area contributed by atoms with Crippen molar-refractivity contribution in [3.05, 3.63) is 29.5 Å². The molecule has 2 saturated heterocycles. The van der Waals surface area contributed by atoms with Gasteiger partial charge >= 0.3 is 6.09 Å². The van der Waals surface area contributed by atoms with Crippen molar-refractivity contribution in [1.29, 1.82) is 0 Å². The summed E-state index contributed by atoms with van der Waals surface area (Å²) in [6.45, 7) is 5.72. The Morgan fingerprint density at radius 3 is 2.67 bits per heavy atom. The highest BCUT2D eigenvalue weighted by atomic mass is 35.5. The van der Waals surface area contributed by atoms with Crippen LogP contribution in [-0.2, 0) is 4.74 Å². The lowest BCUT2D eigenvalue weighted by Gasteiger charge is -2.39. The standard InChI is InChI=1S/C20H25ClN4O2/c1-20(2,3)27-19(26)25-13-6-7-14(25)10-12(9-13)23-18-15-5-4-8-22-16(15)11-17(21)24-18/h4-5,8,11-14H,6-7,9-10H2,1-3H3,(H,23,24)/t12-,13+,14-. The van der Waals surface area contributed by atoms with Crippen LogP contribution in [0.1, 0.15) is 46.5 Å². The average molecular weight is 389 g/mol. The molecule has 2 fully saturated rings. The molecule has 4 rings (SSSR count). The molecule has 1 N–H and O–H groups in total. The maximum atomic E-state index is 12.6. The molecule has 0 radical (unpaired) electrons. The second kappa shape index (κ2) is 6.82. The number of rotatable bonds is 2. The Morgan fingerprint density at radius 1 is 1.30 bits per heavy atom. The van der Waals surface area contributed by atoms with Crippen molar-refractivity contribution >= 4 is 34.4 Å². The maximum absolute atomic E-state index is 12.6. The van der Waals surface area contributed by atoms with Crippen LogP contribution in [0.2, 0.25) is 5.15 Å². The maximum Gasteiger partial charge on any atom is 0.410 e. The van der Waals surface area contributed by atoms with Gasteiger partial charge in [-0.1, -0.05) is 11.6 Å². The van der Waals surface area contributed by atoms with E-state index in [9.17, 15) is 4.79 Å². The van der Waals surface area contributed by atoms with Crippen LogP contribution in [0.3, 0.4) is 0 Å². The molecular formula is C20H25ClN4O2. The highest BCUT2D eigenvalue weighted by Gasteiger charge is 2.45. The highest BCUT2D eigenvalue weighted by Crippen LogP contribution is 2.38. The summed E-state index contributed by atoms with van der Waals surface area (Å²) in [5, 5.41) is 4.95. The van der Waals surface area contributed by atoms with E-state index >= 15 is 0 Å². The van der Waals surface area contributed by atoms with Crippen LogP contribution in [0.5, 0.6) is 0 Å². The molecule has 0 aromatic carbocycles. The van der Waals surface area contributed by atoms with Crippen LogP contribution in [0.15, 0.2) is 24.4 Å². The van der Waals surface area contributed by atoms with E-state index in [1.165, 1.54) is 0 Å². The summed E-state index contributed by atoms with van der Waals surface area (Å²) >= 11 is 6.18. The van der Waals surface area contributed by atoms with E-state index in [4.69, 9.17) is 16.3 Å². The molecule has 144 valence electrons. The summed E-state index contributed by atoms with van der Waals surface area (Å²) in [6.07, 6.45) is 5.36. The van der Waals surface area contributed by atoms with Crippen molar-refractivity contribution in [2.45, 2.75) is 70.2 Å². The van der Waals surface area contributed by atoms with Gasteiger partial charge in [0, 0.05) is 35.8 Å². The molecule has 3 atom stereocenters. The van der Waals surface area contributed by atoms with E-state index in [2.05, 4.69) is 15.3 Å². The summed E-state index contributed by atoms with van der Waals surface area (Å²) in [4.78, 5) is 23.4.